The maximum atomic E-state index is 3.53. The fraction of sp³-hybridized carbons (Fsp3) is 0.625. The summed E-state index contributed by atoms with van der Waals surface area (Å²) >= 11 is 1.98. The van der Waals surface area contributed by atoms with Gasteiger partial charge in [0.05, 0.1) is 0 Å². The number of hydrogen-bond donors (Lipinski definition) is 1. The van der Waals surface area contributed by atoms with Gasteiger partial charge >= 0.3 is 0 Å². The summed E-state index contributed by atoms with van der Waals surface area (Å²) in [5.41, 5.74) is 0.484. The summed E-state index contributed by atoms with van der Waals surface area (Å²) in [6.07, 6.45) is 3.84. The van der Waals surface area contributed by atoms with E-state index in [9.17, 15) is 0 Å². The van der Waals surface area contributed by atoms with Crippen LogP contribution in [0.25, 0.3) is 0 Å². The van der Waals surface area contributed by atoms with Gasteiger partial charge in [0.25, 0.3) is 0 Å². The molecule has 0 bridgehead atoms. The average Bonchev–Trinajstić information content (AvgIpc) is 2.44. The molecule has 2 heteroatoms. The number of benzene rings is 1. The van der Waals surface area contributed by atoms with E-state index in [-0.39, 0.29) is 0 Å². The van der Waals surface area contributed by atoms with Crippen LogP contribution in [0.4, 0.5) is 0 Å². The molecule has 1 aromatic rings. The van der Waals surface area contributed by atoms with Crippen molar-refractivity contribution in [3.8, 4) is 0 Å². The molecule has 0 radical (unpaired) electrons. The standard InChI is InChI=1S/C16H27NS/c1-4-16(5-2,14-17-6-3)12-13-18-15-10-8-7-9-11-15/h7-11,17H,4-6,12-14H2,1-3H3. The van der Waals surface area contributed by atoms with Crippen LogP contribution >= 0.6 is 11.8 Å². The van der Waals surface area contributed by atoms with Crippen molar-refractivity contribution in [2.75, 3.05) is 18.8 Å². The lowest BCUT2D eigenvalue weighted by Gasteiger charge is -2.32. The third-order valence-corrected chi connectivity index (χ3v) is 4.91. The Balaban J connectivity index is 2.42. The van der Waals surface area contributed by atoms with Crippen LogP contribution in [0.5, 0.6) is 0 Å². The molecule has 0 spiro atoms. The van der Waals surface area contributed by atoms with Crippen LogP contribution in [-0.2, 0) is 0 Å². The van der Waals surface area contributed by atoms with Crippen LogP contribution < -0.4 is 5.32 Å². The molecule has 0 atom stereocenters. The Labute approximate surface area is 117 Å². The number of hydrogen-bond acceptors (Lipinski definition) is 2. The zero-order valence-electron chi connectivity index (χ0n) is 12.0. The Morgan fingerprint density at radius 3 is 2.28 bits per heavy atom. The van der Waals surface area contributed by atoms with Crippen molar-refractivity contribution in [2.45, 2.75) is 44.9 Å². The third-order valence-electron chi connectivity index (χ3n) is 3.89. The predicted octanol–water partition coefficient (Wildman–Crippen LogP) is 4.58. The highest BCUT2D eigenvalue weighted by Crippen LogP contribution is 2.32. The number of nitrogens with one attached hydrogen (secondary N) is 1. The number of thioether (sulfide) groups is 1. The van der Waals surface area contributed by atoms with Gasteiger partial charge in [0, 0.05) is 11.4 Å². The summed E-state index contributed by atoms with van der Waals surface area (Å²) < 4.78 is 0. The minimum atomic E-state index is 0.484. The van der Waals surface area contributed by atoms with Gasteiger partial charge in [-0.05, 0) is 49.1 Å². The van der Waals surface area contributed by atoms with Crippen molar-refractivity contribution in [2.24, 2.45) is 5.41 Å². The van der Waals surface area contributed by atoms with Gasteiger partial charge in [0.15, 0.2) is 0 Å². The summed E-state index contributed by atoms with van der Waals surface area (Å²) in [7, 11) is 0. The minimum Gasteiger partial charge on any atom is -0.316 e. The summed E-state index contributed by atoms with van der Waals surface area (Å²) in [5, 5.41) is 3.53. The first kappa shape index (κ1) is 15.6. The quantitative estimate of drug-likeness (QED) is 0.656. The smallest absolute Gasteiger partial charge is 0.00719 e. The van der Waals surface area contributed by atoms with E-state index in [2.05, 4.69) is 56.4 Å². The largest absolute Gasteiger partial charge is 0.316 e. The van der Waals surface area contributed by atoms with Gasteiger partial charge < -0.3 is 5.32 Å². The second-order valence-electron chi connectivity index (χ2n) is 4.90. The van der Waals surface area contributed by atoms with Crippen molar-refractivity contribution in [1.29, 1.82) is 0 Å². The second-order valence-corrected chi connectivity index (χ2v) is 6.07. The van der Waals surface area contributed by atoms with Crippen molar-refractivity contribution in [3.63, 3.8) is 0 Å². The zero-order chi connectivity index (χ0) is 13.3. The summed E-state index contributed by atoms with van der Waals surface area (Å²) in [4.78, 5) is 1.39. The molecule has 0 aromatic heterocycles. The summed E-state index contributed by atoms with van der Waals surface area (Å²) in [6, 6.07) is 10.7. The SMILES string of the molecule is CCNCC(CC)(CC)CCSc1ccccc1. The third kappa shape index (κ3) is 5.03. The molecule has 0 aliphatic carbocycles. The normalized spacial score (nSPS) is 11.7. The molecule has 0 unspecified atom stereocenters. The molecule has 1 rings (SSSR count). The van der Waals surface area contributed by atoms with Crippen molar-refractivity contribution in [1.82, 2.24) is 5.32 Å². The van der Waals surface area contributed by atoms with Crippen LogP contribution in [0.1, 0.15) is 40.0 Å². The molecule has 0 saturated carbocycles. The molecule has 1 aromatic carbocycles. The highest BCUT2D eigenvalue weighted by atomic mass is 32.2. The van der Waals surface area contributed by atoms with Crippen molar-refractivity contribution >= 4 is 11.8 Å². The van der Waals surface area contributed by atoms with E-state index in [1.807, 2.05) is 11.8 Å². The predicted molar refractivity (Wildman–Crippen MR) is 83.3 cm³/mol. The number of rotatable bonds is 9. The van der Waals surface area contributed by atoms with Gasteiger partial charge in [-0.1, -0.05) is 39.0 Å². The molecule has 1 N–H and O–H groups in total. The average molecular weight is 265 g/mol. The van der Waals surface area contributed by atoms with E-state index in [0.717, 1.165) is 13.1 Å². The van der Waals surface area contributed by atoms with Crippen molar-refractivity contribution < 1.29 is 0 Å². The van der Waals surface area contributed by atoms with E-state index in [1.54, 1.807) is 0 Å². The Kier molecular flexibility index (Phi) is 7.45. The van der Waals surface area contributed by atoms with E-state index in [0.29, 0.717) is 5.41 Å². The van der Waals surface area contributed by atoms with Crippen LogP contribution in [0, 0.1) is 5.41 Å². The van der Waals surface area contributed by atoms with Crippen LogP contribution in [0.3, 0.4) is 0 Å². The molecule has 0 aliphatic heterocycles. The van der Waals surface area contributed by atoms with E-state index in [1.165, 1.54) is 29.9 Å². The lowest BCUT2D eigenvalue weighted by molar-refractivity contribution is 0.242. The van der Waals surface area contributed by atoms with Crippen LogP contribution in [0.2, 0.25) is 0 Å². The van der Waals surface area contributed by atoms with Crippen LogP contribution in [0.15, 0.2) is 35.2 Å². The van der Waals surface area contributed by atoms with Gasteiger partial charge in [-0.2, -0.15) is 0 Å². The molecule has 0 amide bonds. The summed E-state index contributed by atoms with van der Waals surface area (Å²) in [6.45, 7) is 9.08. The molecule has 0 heterocycles. The molecule has 0 fully saturated rings. The first-order chi connectivity index (χ1) is 8.76. The molecule has 102 valence electrons. The summed E-state index contributed by atoms with van der Waals surface area (Å²) in [5.74, 6) is 1.22. The highest BCUT2D eigenvalue weighted by molar-refractivity contribution is 7.99. The lowest BCUT2D eigenvalue weighted by atomic mass is 9.80. The Hall–Kier alpha value is -0.470. The zero-order valence-corrected chi connectivity index (χ0v) is 12.9. The maximum Gasteiger partial charge on any atom is 0.00719 e. The molecule has 1 nitrogen and oxygen atoms in total. The van der Waals surface area contributed by atoms with Gasteiger partial charge in [-0.25, -0.2) is 0 Å². The lowest BCUT2D eigenvalue weighted by Crippen LogP contribution is -2.34. The molecular weight excluding hydrogens is 238 g/mol. The van der Waals surface area contributed by atoms with E-state index >= 15 is 0 Å². The van der Waals surface area contributed by atoms with Gasteiger partial charge in [0.1, 0.15) is 0 Å². The molecule has 0 saturated heterocycles. The fourth-order valence-electron chi connectivity index (χ4n) is 2.23. The molecule has 0 aliphatic rings. The first-order valence-corrected chi connectivity index (χ1v) is 8.13. The molecular formula is C16H27NS. The van der Waals surface area contributed by atoms with E-state index < -0.39 is 0 Å². The van der Waals surface area contributed by atoms with Gasteiger partial charge in [-0.15, -0.1) is 11.8 Å². The first-order valence-electron chi connectivity index (χ1n) is 7.15. The highest BCUT2D eigenvalue weighted by Gasteiger charge is 2.24. The minimum absolute atomic E-state index is 0.484. The topological polar surface area (TPSA) is 12.0 Å². The van der Waals surface area contributed by atoms with Gasteiger partial charge in [-0.3, -0.25) is 0 Å². The Bertz CT molecular complexity index is 306. The fourth-order valence-corrected chi connectivity index (χ4v) is 3.35. The second kappa shape index (κ2) is 8.60. The Morgan fingerprint density at radius 2 is 1.72 bits per heavy atom. The van der Waals surface area contributed by atoms with E-state index in [4.69, 9.17) is 0 Å². The maximum absolute atomic E-state index is 3.53. The molecule has 18 heavy (non-hydrogen) atoms. The van der Waals surface area contributed by atoms with Gasteiger partial charge in [0.2, 0.25) is 0 Å². The van der Waals surface area contributed by atoms with Crippen molar-refractivity contribution in [3.05, 3.63) is 30.3 Å². The van der Waals surface area contributed by atoms with Crippen LogP contribution in [-0.4, -0.2) is 18.8 Å². The monoisotopic (exact) mass is 265 g/mol. The Morgan fingerprint density at radius 1 is 1.06 bits per heavy atom.